The molecule has 0 aliphatic carbocycles. The van der Waals surface area contributed by atoms with Crippen molar-refractivity contribution in [2.75, 3.05) is 26.8 Å². The van der Waals surface area contributed by atoms with Crippen LogP contribution in [0.1, 0.15) is 27.2 Å². The van der Waals surface area contributed by atoms with Crippen LogP contribution in [-0.2, 0) is 14.6 Å². The van der Waals surface area contributed by atoms with Crippen molar-refractivity contribution < 1.29 is 13.2 Å². The number of ether oxygens (including phenoxy) is 1. The maximum atomic E-state index is 11.7. The van der Waals surface area contributed by atoms with E-state index in [0.29, 0.717) is 13.2 Å². The van der Waals surface area contributed by atoms with Crippen molar-refractivity contribution in [3.05, 3.63) is 0 Å². The molecule has 5 heteroatoms. The molecule has 0 heterocycles. The first-order valence-corrected chi connectivity index (χ1v) is 6.96. The van der Waals surface area contributed by atoms with Crippen LogP contribution in [0.25, 0.3) is 0 Å². The lowest BCUT2D eigenvalue weighted by Gasteiger charge is -2.16. The number of nitrogens with one attached hydrogen (secondary N) is 1. The molecule has 0 rings (SSSR count). The van der Waals surface area contributed by atoms with Gasteiger partial charge in [-0.25, -0.2) is 8.42 Å². The quantitative estimate of drug-likeness (QED) is 0.635. The van der Waals surface area contributed by atoms with Crippen molar-refractivity contribution in [2.45, 2.75) is 37.7 Å². The van der Waals surface area contributed by atoms with E-state index < -0.39 is 9.84 Å². The van der Waals surface area contributed by atoms with E-state index in [4.69, 9.17) is 4.74 Å². The van der Waals surface area contributed by atoms with Gasteiger partial charge in [0.25, 0.3) is 0 Å². The van der Waals surface area contributed by atoms with Crippen LogP contribution in [-0.4, -0.2) is 45.7 Å². The molecule has 0 aromatic heterocycles. The summed E-state index contributed by atoms with van der Waals surface area (Å²) in [4.78, 5) is 0. The molecule has 0 aromatic carbocycles. The van der Waals surface area contributed by atoms with Gasteiger partial charge in [-0.15, -0.1) is 0 Å². The fourth-order valence-corrected chi connectivity index (χ4v) is 2.51. The molecule has 0 radical (unpaired) electrons. The van der Waals surface area contributed by atoms with Gasteiger partial charge in [-0.3, -0.25) is 0 Å². The van der Waals surface area contributed by atoms with Crippen molar-refractivity contribution >= 4 is 9.84 Å². The molecule has 0 aliphatic rings. The predicted molar refractivity (Wildman–Crippen MR) is 62.9 cm³/mol. The predicted octanol–water partition coefficient (Wildman–Crippen LogP) is 0.824. The fourth-order valence-electron chi connectivity index (χ4n) is 1.23. The van der Waals surface area contributed by atoms with Gasteiger partial charge in [-0.2, -0.15) is 0 Å². The van der Waals surface area contributed by atoms with Gasteiger partial charge in [0.1, 0.15) is 0 Å². The minimum absolute atomic E-state index is 0.298. The Morgan fingerprint density at radius 2 is 1.87 bits per heavy atom. The third kappa shape index (κ3) is 5.49. The molecule has 0 aliphatic heterocycles. The van der Waals surface area contributed by atoms with Crippen molar-refractivity contribution in [1.29, 1.82) is 0 Å². The summed E-state index contributed by atoms with van der Waals surface area (Å²) in [6.45, 7) is 7.21. The van der Waals surface area contributed by atoms with Crippen molar-refractivity contribution in [1.82, 2.24) is 5.32 Å². The van der Waals surface area contributed by atoms with Gasteiger partial charge in [-0.1, -0.05) is 0 Å². The molecule has 0 saturated carbocycles. The van der Waals surface area contributed by atoms with Crippen LogP contribution in [0.15, 0.2) is 0 Å². The largest absolute Gasteiger partial charge is 0.385 e. The van der Waals surface area contributed by atoms with Crippen LogP contribution in [0.2, 0.25) is 0 Å². The maximum absolute atomic E-state index is 11.7. The Hall–Kier alpha value is -0.130. The summed E-state index contributed by atoms with van der Waals surface area (Å²) >= 11 is 0. The zero-order valence-corrected chi connectivity index (χ0v) is 10.9. The highest BCUT2D eigenvalue weighted by Crippen LogP contribution is 2.07. The first kappa shape index (κ1) is 14.9. The zero-order valence-electron chi connectivity index (χ0n) is 10.1. The Balaban J connectivity index is 3.79. The second-order valence-electron chi connectivity index (χ2n) is 4.00. The van der Waals surface area contributed by atoms with E-state index in [1.54, 1.807) is 27.9 Å². The van der Waals surface area contributed by atoms with Crippen LogP contribution in [0, 0.1) is 0 Å². The normalized spacial score (nSPS) is 14.5. The summed E-state index contributed by atoms with van der Waals surface area (Å²) in [7, 11) is -1.30. The van der Waals surface area contributed by atoms with E-state index in [0.717, 1.165) is 13.0 Å². The van der Waals surface area contributed by atoms with Gasteiger partial charge in [0.2, 0.25) is 0 Å². The molecular formula is C10H23NO3S. The van der Waals surface area contributed by atoms with E-state index in [1.165, 1.54) is 0 Å². The van der Waals surface area contributed by atoms with Crippen LogP contribution < -0.4 is 5.32 Å². The average molecular weight is 237 g/mol. The standard InChI is InChI=1S/C10H23NO3S/c1-9(2)15(12,13)10(3)8-11-6-5-7-14-4/h9-11H,5-8H2,1-4H3. The first-order valence-electron chi connectivity index (χ1n) is 5.35. The topological polar surface area (TPSA) is 55.4 Å². The third-order valence-electron chi connectivity index (χ3n) is 2.35. The molecule has 1 unspecified atom stereocenters. The molecule has 4 nitrogen and oxygen atoms in total. The van der Waals surface area contributed by atoms with Crippen molar-refractivity contribution in [3.63, 3.8) is 0 Å². The number of sulfone groups is 1. The Morgan fingerprint density at radius 1 is 1.27 bits per heavy atom. The second kappa shape index (κ2) is 7.19. The summed E-state index contributed by atoms with van der Waals surface area (Å²) in [5, 5.41) is 2.50. The molecule has 0 saturated heterocycles. The number of hydrogen-bond acceptors (Lipinski definition) is 4. The molecule has 1 atom stereocenters. The summed E-state index contributed by atoms with van der Waals surface area (Å²) in [6, 6.07) is 0. The minimum atomic E-state index is -2.96. The van der Waals surface area contributed by atoms with Gasteiger partial charge in [0.05, 0.1) is 10.5 Å². The molecule has 0 bridgehead atoms. The van der Waals surface area contributed by atoms with Crippen LogP contribution >= 0.6 is 0 Å². The first-order chi connectivity index (χ1) is 6.92. The summed E-state index contributed by atoms with van der Waals surface area (Å²) in [5.74, 6) is 0. The lowest BCUT2D eigenvalue weighted by Crippen LogP contribution is -2.35. The average Bonchev–Trinajstić information content (AvgIpc) is 2.16. The van der Waals surface area contributed by atoms with Crippen LogP contribution in [0.4, 0.5) is 0 Å². The minimum Gasteiger partial charge on any atom is -0.385 e. The molecule has 15 heavy (non-hydrogen) atoms. The monoisotopic (exact) mass is 237 g/mol. The number of methoxy groups -OCH3 is 1. The second-order valence-corrected chi connectivity index (χ2v) is 6.92. The highest BCUT2D eigenvalue weighted by molar-refractivity contribution is 7.92. The summed E-state index contributed by atoms with van der Waals surface area (Å²) < 4.78 is 28.3. The van der Waals surface area contributed by atoms with E-state index in [2.05, 4.69) is 5.32 Å². The van der Waals surface area contributed by atoms with Crippen molar-refractivity contribution in [2.24, 2.45) is 0 Å². The lowest BCUT2D eigenvalue weighted by molar-refractivity contribution is 0.194. The fraction of sp³-hybridized carbons (Fsp3) is 1.00. The third-order valence-corrected chi connectivity index (χ3v) is 4.95. The SMILES string of the molecule is COCCCNCC(C)S(=O)(=O)C(C)C. The van der Waals surface area contributed by atoms with E-state index >= 15 is 0 Å². The number of rotatable bonds is 8. The van der Waals surface area contributed by atoms with Gasteiger partial charge < -0.3 is 10.1 Å². The molecule has 0 spiro atoms. The maximum Gasteiger partial charge on any atom is 0.156 e. The van der Waals surface area contributed by atoms with Gasteiger partial charge in [0.15, 0.2) is 9.84 Å². The molecular weight excluding hydrogens is 214 g/mol. The molecule has 1 N–H and O–H groups in total. The van der Waals surface area contributed by atoms with E-state index in [1.807, 2.05) is 0 Å². The Morgan fingerprint density at radius 3 is 2.33 bits per heavy atom. The lowest BCUT2D eigenvalue weighted by atomic mass is 10.4. The van der Waals surface area contributed by atoms with Gasteiger partial charge in [0, 0.05) is 20.3 Å². The Labute approximate surface area is 93.3 Å². The smallest absolute Gasteiger partial charge is 0.156 e. The van der Waals surface area contributed by atoms with Crippen molar-refractivity contribution in [3.8, 4) is 0 Å². The van der Waals surface area contributed by atoms with Crippen LogP contribution in [0.3, 0.4) is 0 Å². The van der Waals surface area contributed by atoms with Gasteiger partial charge >= 0.3 is 0 Å². The molecule has 0 aromatic rings. The van der Waals surface area contributed by atoms with E-state index in [-0.39, 0.29) is 10.5 Å². The molecule has 0 amide bonds. The highest BCUT2D eigenvalue weighted by Gasteiger charge is 2.23. The summed E-state index contributed by atoms with van der Waals surface area (Å²) in [6.07, 6.45) is 0.908. The highest BCUT2D eigenvalue weighted by atomic mass is 32.2. The van der Waals surface area contributed by atoms with E-state index in [9.17, 15) is 8.42 Å². The summed E-state index contributed by atoms with van der Waals surface area (Å²) in [5.41, 5.74) is 0. The zero-order chi connectivity index (χ0) is 11.9. The number of hydrogen-bond donors (Lipinski definition) is 1. The Kier molecular flexibility index (Phi) is 7.13. The van der Waals surface area contributed by atoms with Crippen LogP contribution in [0.5, 0.6) is 0 Å². The molecule has 92 valence electrons. The molecule has 0 fully saturated rings. The van der Waals surface area contributed by atoms with Gasteiger partial charge in [-0.05, 0) is 33.7 Å². The Bertz CT molecular complexity index is 249.